The standard InChI is InChI=1S/C12H19F5N2O/c1-9-5-2-3-7-19(9)8-4-6-18-10(20)11(13,14)12(15,16)17/h9H,2-8H2,1H3,(H,18,20). The van der Waals surface area contributed by atoms with Crippen LogP contribution in [0.15, 0.2) is 0 Å². The Hall–Kier alpha value is -0.920. The lowest BCUT2D eigenvalue weighted by atomic mass is 10.0. The summed E-state index contributed by atoms with van der Waals surface area (Å²) in [7, 11) is 0. The largest absolute Gasteiger partial charge is 0.463 e. The Morgan fingerprint density at radius 2 is 1.90 bits per heavy atom. The summed E-state index contributed by atoms with van der Waals surface area (Å²) in [4.78, 5) is 13.0. The van der Waals surface area contributed by atoms with Crippen LogP contribution < -0.4 is 5.32 Å². The summed E-state index contributed by atoms with van der Waals surface area (Å²) in [5.74, 6) is -7.61. The van der Waals surface area contributed by atoms with Gasteiger partial charge >= 0.3 is 12.1 Å². The first-order valence-corrected chi connectivity index (χ1v) is 6.63. The number of hydrogen-bond acceptors (Lipinski definition) is 2. The average molecular weight is 302 g/mol. The van der Waals surface area contributed by atoms with Crippen molar-refractivity contribution in [3.63, 3.8) is 0 Å². The fraction of sp³-hybridized carbons (Fsp3) is 0.917. The zero-order valence-corrected chi connectivity index (χ0v) is 11.3. The van der Waals surface area contributed by atoms with Gasteiger partial charge in [0.15, 0.2) is 0 Å². The maximum atomic E-state index is 12.6. The van der Waals surface area contributed by atoms with Crippen LogP contribution in [0, 0.1) is 0 Å². The maximum Gasteiger partial charge on any atom is 0.463 e. The molecular weight excluding hydrogens is 283 g/mol. The Balaban J connectivity index is 2.29. The number of piperidine rings is 1. The molecule has 0 spiro atoms. The third-order valence-electron chi connectivity index (χ3n) is 3.49. The van der Waals surface area contributed by atoms with Gasteiger partial charge in [0, 0.05) is 19.1 Å². The normalized spacial score (nSPS) is 21.8. The highest BCUT2D eigenvalue weighted by molar-refractivity contribution is 5.84. The fourth-order valence-electron chi connectivity index (χ4n) is 2.21. The maximum absolute atomic E-state index is 12.6. The van der Waals surface area contributed by atoms with E-state index in [1.54, 1.807) is 5.32 Å². The summed E-state index contributed by atoms with van der Waals surface area (Å²) in [5.41, 5.74) is 0. The second kappa shape index (κ2) is 6.69. The molecule has 1 unspecified atom stereocenters. The summed E-state index contributed by atoms with van der Waals surface area (Å²) < 4.78 is 61.0. The molecule has 1 amide bonds. The first-order chi connectivity index (χ1) is 9.16. The van der Waals surface area contributed by atoms with E-state index >= 15 is 0 Å². The first kappa shape index (κ1) is 17.1. The van der Waals surface area contributed by atoms with Gasteiger partial charge in [-0.05, 0) is 32.7 Å². The molecule has 0 bridgehead atoms. The van der Waals surface area contributed by atoms with Crippen molar-refractivity contribution in [2.75, 3.05) is 19.6 Å². The van der Waals surface area contributed by atoms with Gasteiger partial charge in [-0.2, -0.15) is 22.0 Å². The molecule has 20 heavy (non-hydrogen) atoms. The predicted octanol–water partition coefficient (Wildman–Crippen LogP) is 2.56. The number of halogens is 5. The van der Waals surface area contributed by atoms with Crippen molar-refractivity contribution in [3.05, 3.63) is 0 Å². The number of rotatable bonds is 5. The van der Waals surface area contributed by atoms with E-state index in [4.69, 9.17) is 0 Å². The second-order valence-electron chi connectivity index (χ2n) is 5.06. The van der Waals surface area contributed by atoms with Crippen LogP contribution in [0.4, 0.5) is 22.0 Å². The van der Waals surface area contributed by atoms with Crippen LogP contribution >= 0.6 is 0 Å². The summed E-state index contributed by atoms with van der Waals surface area (Å²) in [6.07, 6.45) is -2.24. The molecule has 0 aromatic rings. The molecule has 1 aliphatic rings. The smallest absolute Gasteiger partial charge is 0.351 e. The van der Waals surface area contributed by atoms with Crippen LogP contribution in [0.25, 0.3) is 0 Å². The highest BCUT2D eigenvalue weighted by atomic mass is 19.4. The molecule has 3 nitrogen and oxygen atoms in total. The number of carbonyl (C=O) groups is 1. The van der Waals surface area contributed by atoms with E-state index < -0.39 is 18.0 Å². The molecule has 0 saturated carbocycles. The molecule has 0 aromatic carbocycles. The van der Waals surface area contributed by atoms with Gasteiger partial charge in [0.05, 0.1) is 0 Å². The summed E-state index contributed by atoms with van der Waals surface area (Å²) in [6.45, 7) is 3.34. The Morgan fingerprint density at radius 3 is 2.45 bits per heavy atom. The summed E-state index contributed by atoms with van der Waals surface area (Å²) in [5, 5.41) is 1.65. The molecule has 0 radical (unpaired) electrons. The van der Waals surface area contributed by atoms with Crippen LogP contribution in [0.1, 0.15) is 32.6 Å². The quantitative estimate of drug-likeness (QED) is 0.625. The molecule has 0 aromatic heterocycles. The molecular formula is C12H19F5N2O. The molecule has 1 N–H and O–H groups in total. The van der Waals surface area contributed by atoms with Crippen molar-refractivity contribution >= 4 is 5.91 Å². The zero-order valence-electron chi connectivity index (χ0n) is 11.3. The summed E-state index contributed by atoms with van der Waals surface area (Å²) >= 11 is 0. The van der Waals surface area contributed by atoms with E-state index in [2.05, 4.69) is 11.8 Å². The number of hydrogen-bond donors (Lipinski definition) is 1. The fourth-order valence-corrected chi connectivity index (χ4v) is 2.21. The minimum absolute atomic E-state index is 0.187. The molecule has 118 valence electrons. The van der Waals surface area contributed by atoms with Crippen LogP contribution in [-0.4, -0.2) is 48.6 Å². The van der Waals surface area contributed by atoms with Gasteiger partial charge in [0.25, 0.3) is 5.91 Å². The van der Waals surface area contributed by atoms with Gasteiger partial charge in [0.1, 0.15) is 0 Å². The lowest BCUT2D eigenvalue weighted by Crippen LogP contribution is -2.50. The lowest BCUT2D eigenvalue weighted by Gasteiger charge is -2.33. The van der Waals surface area contributed by atoms with Gasteiger partial charge in [-0.3, -0.25) is 4.79 Å². The topological polar surface area (TPSA) is 32.3 Å². The third-order valence-corrected chi connectivity index (χ3v) is 3.49. The molecule has 1 aliphatic heterocycles. The van der Waals surface area contributed by atoms with Crippen LogP contribution in [0.3, 0.4) is 0 Å². The SMILES string of the molecule is CC1CCCCN1CCCNC(=O)C(F)(F)C(F)(F)F. The minimum atomic E-state index is -5.85. The Bertz CT molecular complexity index is 332. The van der Waals surface area contributed by atoms with Gasteiger partial charge in [-0.25, -0.2) is 0 Å². The van der Waals surface area contributed by atoms with Crippen molar-refractivity contribution in [1.29, 1.82) is 0 Å². The predicted molar refractivity (Wildman–Crippen MR) is 63.5 cm³/mol. The van der Waals surface area contributed by atoms with Crippen molar-refractivity contribution in [1.82, 2.24) is 10.2 Å². The van der Waals surface area contributed by atoms with Crippen molar-refractivity contribution < 1.29 is 26.7 Å². The van der Waals surface area contributed by atoms with E-state index in [9.17, 15) is 26.7 Å². The number of amides is 1. The third kappa shape index (κ3) is 4.29. The highest BCUT2D eigenvalue weighted by Crippen LogP contribution is 2.35. The van der Waals surface area contributed by atoms with Crippen molar-refractivity contribution in [2.24, 2.45) is 0 Å². The Labute approximate surface area is 114 Å². The van der Waals surface area contributed by atoms with Crippen LogP contribution in [-0.2, 0) is 4.79 Å². The van der Waals surface area contributed by atoms with Crippen LogP contribution in [0.2, 0.25) is 0 Å². The molecule has 1 heterocycles. The highest BCUT2D eigenvalue weighted by Gasteiger charge is 2.63. The minimum Gasteiger partial charge on any atom is -0.351 e. The molecule has 0 aliphatic carbocycles. The van der Waals surface area contributed by atoms with Crippen LogP contribution in [0.5, 0.6) is 0 Å². The van der Waals surface area contributed by atoms with E-state index in [0.717, 1.165) is 25.8 Å². The van der Waals surface area contributed by atoms with E-state index in [-0.39, 0.29) is 6.54 Å². The first-order valence-electron chi connectivity index (χ1n) is 6.63. The van der Waals surface area contributed by atoms with Gasteiger partial charge in [-0.1, -0.05) is 6.42 Å². The zero-order chi connectivity index (χ0) is 15.4. The van der Waals surface area contributed by atoms with Gasteiger partial charge in [-0.15, -0.1) is 0 Å². The molecule has 1 fully saturated rings. The molecule has 1 rings (SSSR count). The Kier molecular flexibility index (Phi) is 5.73. The number of alkyl halides is 5. The number of likely N-dealkylation sites (tertiary alicyclic amines) is 1. The van der Waals surface area contributed by atoms with E-state index in [1.807, 2.05) is 0 Å². The number of nitrogens with zero attached hydrogens (tertiary/aromatic N) is 1. The number of carbonyl (C=O) groups excluding carboxylic acids is 1. The van der Waals surface area contributed by atoms with E-state index in [0.29, 0.717) is 19.0 Å². The lowest BCUT2D eigenvalue weighted by molar-refractivity contribution is -0.269. The van der Waals surface area contributed by atoms with Crippen molar-refractivity contribution in [3.8, 4) is 0 Å². The molecule has 8 heteroatoms. The molecule has 1 saturated heterocycles. The Morgan fingerprint density at radius 1 is 1.25 bits per heavy atom. The van der Waals surface area contributed by atoms with Gasteiger partial charge in [0.2, 0.25) is 0 Å². The van der Waals surface area contributed by atoms with Gasteiger partial charge < -0.3 is 10.2 Å². The monoisotopic (exact) mass is 302 g/mol. The van der Waals surface area contributed by atoms with E-state index in [1.165, 1.54) is 0 Å². The van der Waals surface area contributed by atoms with Crippen molar-refractivity contribution in [2.45, 2.75) is 50.7 Å². The molecule has 1 atom stereocenters. The summed E-state index contributed by atoms with van der Waals surface area (Å²) in [6, 6.07) is 0.385. The number of nitrogens with one attached hydrogen (secondary N) is 1. The average Bonchev–Trinajstić information content (AvgIpc) is 2.34. The second-order valence-corrected chi connectivity index (χ2v) is 5.06.